The summed E-state index contributed by atoms with van der Waals surface area (Å²) in [7, 11) is 0. The Morgan fingerprint density at radius 3 is 2.84 bits per heavy atom. The van der Waals surface area contributed by atoms with Crippen molar-refractivity contribution in [2.45, 2.75) is 13.5 Å². The number of aryl methyl sites for hydroxylation is 1. The normalized spacial score (nSPS) is 10.2. The molecule has 0 saturated carbocycles. The summed E-state index contributed by atoms with van der Waals surface area (Å²) in [5.41, 5.74) is 0.895. The van der Waals surface area contributed by atoms with E-state index in [1.807, 2.05) is 0 Å². The molecule has 19 heavy (non-hydrogen) atoms. The molecule has 5 nitrogen and oxygen atoms in total. The van der Waals surface area contributed by atoms with Gasteiger partial charge in [0.15, 0.2) is 0 Å². The summed E-state index contributed by atoms with van der Waals surface area (Å²) >= 11 is 0. The van der Waals surface area contributed by atoms with Gasteiger partial charge in [0.1, 0.15) is 12.3 Å². The number of nitrogens with one attached hydrogen (secondary N) is 1. The van der Waals surface area contributed by atoms with Gasteiger partial charge in [-0.25, -0.2) is 0 Å². The van der Waals surface area contributed by atoms with Crippen molar-refractivity contribution in [2.75, 3.05) is 5.32 Å². The highest BCUT2D eigenvalue weighted by atomic mass is 16.3. The summed E-state index contributed by atoms with van der Waals surface area (Å²) in [5, 5.41) is 11.9. The Morgan fingerprint density at radius 1 is 1.32 bits per heavy atom. The first-order valence-electron chi connectivity index (χ1n) is 5.81. The number of rotatable bonds is 3. The zero-order chi connectivity index (χ0) is 13.8. The lowest BCUT2D eigenvalue weighted by Gasteiger charge is -2.08. The van der Waals surface area contributed by atoms with Crippen LogP contribution in [0.2, 0.25) is 0 Å². The van der Waals surface area contributed by atoms with Crippen molar-refractivity contribution in [3.63, 3.8) is 0 Å². The van der Waals surface area contributed by atoms with Crippen LogP contribution in [0.25, 0.3) is 0 Å². The fourth-order valence-electron chi connectivity index (χ4n) is 1.72. The molecule has 0 radical (unpaired) electrons. The second-order valence-electron chi connectivity index (χ2n) is 4.22. The molecule has 2 aromatic rings. The smallest absolute Gasteiger partial charge is 0.253 e. The monoisotopic (exact) mass is 258 g/mol. The Balaban J connectivity index is 2.10. The maximum atomic E-state index is 11.8. The van der Waals surface area contributed by atoms with Crippen LogP contribution < -0.4 is 10.9 Å². The largest absolute Gasteiger partial charge is 0.508 e. The number of phenols is 1. The van der Waals surface area contributed by atoms with E-state index in [4.69, 9.17) is 0 Å². The van der Waals surface area contributed by atoms with Gasteiger partial charge in [0, 0.05) is 23.5 Å². The zero-order valence-electron chi connectivity index (χ0n) is 10.5. The molecule has 0 unspecified atom stereocenters. The number of hydrogen-bond donors (Lipinski definition) is 2. The number of carbonyl (C=O) groups excluding carboxylic acids is 1. The number of nitrogens with zero attached hydrogens (tertiary/aromatic N) is 1. The van der Waals surface area contributed by atoms with Crippen molar-refractivity contribution in [2.24, 2.45) is 0 Å². The molecule has 0 saturated heterocycles. The minimum atomic E-state index is -0.321. The van der Waals surface area contributed by atoms with Gasteiger partial charge in [0.05, 0.1) is 0 Å². The standard InChI is InChI=1S/C14H14N2O3/c1-10-4-3-7-16(14(10)19)9-13(18)15-11-5-2-6-12(17)8-11/h2-8,17H,9H2,1H3,(H,15,18). The molecule has 98 valence electrons. The molecule has 1 aromatic heterocycles. The van der Waals surface area contributed by atoms with Crippen LogP contribution in [0.4, 0.5) is 5.69 Å². The van der Waals surface area contributed by atoms with Crippen molar-refractivity contribution < 1.29 is 9.90 Å². The lowest BCUT2D eigenvalue weighted by Crippen LogP contribution is -2.28. The number of carbonyl (C=O) groups is 1. The van der Waals surface area contributed by atoms with Crippen LogP contribution in [0.5, 0.6) is 5.75 Å². The maximum absolute atomic E-state index is 11.8. The molecule has 0 bridgehead atoms. The molecule has 5 heteroatoms. The third-order valence-electron chi connectivity index (χ3n) is 2.65. The second kappa shape index (κ2) is 5.39. The Labute approximate surface area is 110 Å². The van der Waals surface area contributed by atoms with Gasteiger partial charge < -0.3 is 15.0 Å². The summed E-state index contributed by atoms with van der Waals surface area (Å²) in [6.45, 7) is 1.64. The minimum absolute atomic E-state index is 0.0594. The van der Waals surface area contributed by atoms with E-state index in [1.54, 1.807) is 37.4 Å². The molecule has 0 aliphatic heterocycles. The van der Waals surface area contributed by atoms with E-state index in [-0.39, 0.29) is 23.8 Å². The van der Waals surface area contributed by atoms with Gasteiger partial charge in [-0.2, -0.15) is 0 Å². The molecule has 0 fully saturated rings. The molecule has 2 N–H and O–H groups in total. The molecule has 1 heterocycles. The van der Waals surface area contributed by atoms with E-state index >= 15 is 0 Å². The zero-order valence-corrected chi connectivity index (χ0v) is 10.5. The number of aromatic hydroxyl groups is 1. The molecule has 0 atom stereocenters. The fourth-order valence-corrected chi connectivity index (χ4v) is 1.72. The van der Waals surface area contributed by atoms with Crippen LogP contribution in [0.15, 0.2) is 47.4 Å². The third kappa shape index (κ3) is 3.22. The van der Waals surface area contributed by atoms with Crippen LogP contribution in [0.1, 0.15) is 5.56 Å². The molecule has 0 spiro atoms. The summed E-state index contributed by atoms with van der Waals surface area (Å²) in [4.78, 5) is 23.6. The molecule has 0 aliphatic rings. The van der Waals surface area contributed by atoms with Gasteiger partial charge in [0.2, 0.25) is 5.91 Å². The second-order valence-corrected chi connectivity index (χ2v) is 4.22. The van der Waals surface area contributed by atoms with Gasteiger partial charge in [-0.05, 0) is 25.1 Å². The van der Waals surface area contributed by atoms with Crippen molar-refractivity contribution >= 4 is 11.6 Å². The molecule has 0 aliphatic carbocycles. The maximum Gasteiger partial charge on any atom is 0.253 e. The van der Waals surface area contributed by atoms with Gasteiger partial charge in [-0.1, -0.05) is 12.1 Å². The predicted octanol–water partition coefficient (Wildman–Crippen LogP) is 1.50. The average Bonchev–Trinajstić information content (AvgIpc) is 2.35. The Bertz CT molecular complexity index is 662. The van der Waals surface area contributed by atoms with Gasteiger partial charge in [-0.15, -0.1) is 0 Å². The quantitative estimate of drug-likeness (QED) is 0.876. The highest BCUT2D eigenvalue weighted by molar-refractivity contribution is 5.90. The Morgan fingerprint density at radius 2 is 2.11 bits per heavy atom. The van der Waals surface area contributed by atoms with E-state index in [9.17, 15) is 14.7 Å². The summed E-state index contributed by atoms with van der Waals surface area (Å²) < 4.78 is 1.34. The first kappa shape index (κ1) is 12.9. The number of hydrogen-bond acceptors (Lipinski definition) is 3. The third-order valence-corrected chi connectivity index (χ3v) is 2.65. The highest BCUT2D eigenvalue weighted by Crippen LogP contribution is 2.15. The topological polar surface area (TPSA) is 71.3 Å². The van der Waals surface area contributed by atoms with E-state index < -0.39 is 0 Å². The number of phenolic OH excluding ortho intramolecular Hbond substituents is 1. The lowest BCUT2D eigenvalue weighted by molar-refractivity contribution is -0.116. The van der Waals surface area contributed by atoms with Crippen LogP contribution in [0.3, 0.4) is 0 Å². The molecular weight excluding hydrogens is 244 g/mol. The molecule has 2 rings (SSSR count). The number of amides is 1. The molecule has 1 aromatic carbocycles. The van der Waals surface area contributed by atoms with Crippen molar-refractivity contribution in [1.82, 2.24) is 4.57 Å². The molecule has 1 amide bonds. The number of anilines is 1. The summed E-state index contributed by atoms with van der Waals surface area (Å²) in [5.74, 6) is -0.246. The highest BCUT2D eigenvalue weighted by Gasteiger charge is 2.06. The van der Waals surface area contributed by atoms with Crippen molar-refractivity contribution in [3.05, 3.63) is 58.5 Å². The Hall–Kier alpha value is -2.56. The first-order valence-corrected chi connectivity index (χ1v) is 5.81. The van der Waals surface area contributed by atoms with Gasteiger partial charge in [-0.3, -0.25) is 9.59 Å². The summed E-state index contributed by atoms with van der Waals surface area (Å²) in [6.07, 6.45) is 1.57. The van der Waals surface area contributed by atoms with Crippen molar-refractivity contribution in [1.29, 1.82) is 0 Å². The van der Waals surface area contributed by atoms with Gasteiger partial charge >= 0.3 is 0 Å². The first-order chi connectivity index (χ1) is 9.06. The van der Waals surface area contributed by atoms with E-state index in [2.05, 4.69) is 5.32 Å². The van der Waals surface area contributed by atoms with Gasteiger partial charge in [0.25, 0.3) is 5.56 Å². The number of pyridine rings is 1. The SMILES string of the molecule is Cc1cccn(CC(=O)Nc2cccc(O)c2)c1=O. The van der Waals surface area contributed by atoms with E-state index in [1.165, 1.54) is 16.7 Å². The Kier molecular flexibility index (Phi) is 3.66. The van der Waals surface area contributed by atoms with Crippen LogP contribution >= 0.6 is 0 Å². The van der Waals surface area contributed by atoms with Crippen LogP contribution in [-0.2, 0) is 11.3 Å². The predicted molar refractivity (Wildman–Crippen MR) is 72.2 cm³/mol. The minimum Gasteiger partial charge on any atom is -0.508 e. The van der Waals surface area contributed by atoms with E-state index in [0.29, 0.717) is 11.3 Å². The molecular formula is C14H14N2O3. The average molecular weight is 258 g/mol. The fraction of sp³-hybridized carbons (Fsp3) is 0.143. The van der Waals surface area contributed by atoms with Crippen molar-refractivity contribution in [3.8, 4) is 5.75 Å². The number of benzene rings is 1. The number of aromatic nitrogens is 1. The lowest BCUT2D eigenvalue weighted by atomic mass is 10.3. The summed E-state index contributed by atoms with van der Waals surface area (Å²) in [6, 6.07) is 9.67. The van der Waals surface area contributed by atoms with Crippen LogP contribution in [-0.4, -0.2) is 15.6 Å². The van der Waals surface area contributed by atoms with Crippen LogP contribution in [0, 0.1) is 6.92 Å². The van der Waals surface area contributed by atoms with E-state index in [0.717, 1.165) is 0 Å².